The van der Waals surface area contributed by atoms with Crippen molar-refractivity contribution in [3.63, 3.8) is 0 Å². The van der Waals surface area contributed by atoms with E-state index >= 15 is 4.39 Å². The molecule has 2 aromatic heterocycles. The number of hydrogen-bond acceptors (Lipinski definition) is 8. The van der Waals surface area contributed by atoms with Gasteiger partial charge in [-0.15, -0.1) is 21.5 Å². The molecule has 228 valence electrons. The fourth-order valence-electron chi connectivity index (χ4n) is 4.11. The molecule has 0 aliphatic heterocycles. The van der Waals surface area contributed by atoms with Crippen LogP contribution in [0.2, 0.25) is 0 Å². The Kier molecular flexibility index (Phi) is 10.3. The Bertz CT molecular complexity index is 1600. The van der Waals surface area contributed by atoms with Gasteiger partial charge >= 0.3 is 6.09 Å². The summed E-state index contributed by atoms with van der Waals surface area (Å²) in [6.07, 6.45) is -0.440. The molecule has 0 aliphatic rings. The summed E-state index contributed by atoms with van der Waals surface area (Å²) in [5.74, 6) is -0.863. The van der Waals surface area contributed by atoms with Crippen LogP contribution < -0.4 is 10.1 Å². The summed E-state index contributed by atoms with van der Waals surface area (Å²) in [5, 5.41) is 13.9. The molecule has 0 fully saturated rings. The van der Waals surface area contributed by atoms with Gasteiger partial charge in [0.25, 0.3) is 0 Å². The van der Waals surface area contributed by atoms with Gasteiger partial charge in [-0.05, 0) is 62.0 Å². The Hall–Kier alpha value is -4.16. The summed E-state index contributed by atoms with van der Waals surface area (Å²) in [4.78, 5) is 25.2. The Morgan fingerprint density at radius 1 is 0.953 bits per heavy atom. The number of ether oxygens (including phenoxy) is 3. The lowest BCUT2D eigenvalue weighted by Crippen LogP contribution is -2.34. The second-order valence-electron chi connectivity index (χ2n) is 10.9. The van der Waals surface area contributed by atoms with Gasteiger partial charge in [0.1, 0.15) is 41.0 Å². The first-order valence-corrected chi connectivity index (χ1v) is 14.5. The third kappa shape index (κ3) is 8.45. The van der Waals surface area contributed by atoms with Crippen LogP contribution in [0.1, 0.15) is 26.3 Å². The summed E-state index contributed by atoms with van der Waals surface area (Å²) < 4.78 is 46.7. The van der Waals surface area contributed by atoms with E-state index in [1.165, 1.54) is 34.4 Å². The second kappa shape index (κ2) is 13.9. The van der Waals surface area contributed by atoms with Crippen molar-refractivity contribution >= 4 is 33.4 Å². The number of hydrogen-bond donors (Lipinski definition) is 1. The highest BCUT2D eigenvalue weighted by Crippen LogP contribution is 2.39. The van der Waals surface area contributed by atoms with E-state index in [1.54, 1.807) is 53.1 Å². The van der Waals surface area contributed by atoms with Gasteiger partial charge in [0.2, 0.25) is 5.91 Å². The zero-order valence-electron chi connectivity index (χ0n) is 24.7. The summed E-state index contributed by atoms with van der Waals surface area (Å²) in [5.41, 5.74) is 1.59. The zero-order chi connectivity index (χ0) is 31.1. The zero-order valence-corrected chi connectivity index (χ0v) is 25.5. The van der Waals surface area contributed by atoms with E-state index in [4.69, 9.17) is 14.2 Å². The standard InChI is InChI=1S/C31H34F2N4O5S/c1-31(2,3)42-30(39)34-11-12-40-13-14-41-25-18-20(32)7-9-22(25)28-29-23(10-15-43-29)27(35-36-28)21-8-6-19(16-24(21)33)17-26(38)37(4)5/h6-10,15-16,18H,11-14,17H2,1-5H3,(H,34,39). The van der Waals surface area contributed by atoms with Gasteiger partial charge in [0.15, 0.2) is 0 Å². The highest BCUT2D eigenvalue weighted by Gasteiger charge is 2.20. The molecule has 0 atom stereocenters. The average molecular weight is 613 g/mol. The number of halogens is 2. The van der Waals surface area contributed by atoms with Crippen molar-refractivity contribution in [2.75, 3.05) is 40.5 Å². The Balaban J connectivity index is 1.46. The number of likely N-dealkylation sites (N-methyl/N-ethyl adjacent to an activating group) is 1. The highest BCUT2D eigenvalue weighted by molar-refractivity contribution is 7.17. The van der Waals surface area contributed by atoms with E-state index in [1.807, 2.05) is 11.4 Å². The molecule has 9 nitrogen and oxygen atoms in total. The molecule has 0 aliphatic carbocycles. The number of rotatable bonds is 11. The van der Waals surface area contributed by atoms with Crippen LogP contribution in [0, 0.1) is 11.6 Å². The first kappa shape index (κ1) is 31.8. The van der Waals surface area contributed by atoms with Crippen LogP contribution in [0.4, 0.5) is 13.6 Å². The number of carbonyl (C=O) groups is 2. The average Bonchev–Trinajstić information content (AvgIpc) is 3.42. The number of benzene rings is 2. The van der Waals surface area contributed by atoms with Crippen molar-refractivity contribution in [1.29, 1.82) is 0 Å². The first-order valence-electron chi connectivity index (χ1n) is 13.6. The number of aromatic nitrogens is 2. The summed E-state index contributed by atoms with van der Waals surface area (Å²) in [6.45, 7) is 6.15. The van der Waals surface area contributed by atoms with Crippen molar-refractivity contribution in [1.82, 2.24) is 20.4 Å². The van der Waals surface area contributed by atoms with Crippen LogP contribution in [-0.4, -0.2) is 73.2 Å². The summed E-state index contributed by atoms with van der Waals surface area (Å²) in [6, 6.07) is 10.6. The fraction of sp³-hybridized carbons (Fsp3) is 0.355. The van der Waals surface area contributed by atoms with Crippen molar-refractivity contribution in [2.24, 2.45) is 0 Å². The third-order valence-electron chi connectivity index (χ3n) is 6.13. The summed E-state index contributed by atoms with van der Waals surface area (Å²) >= 11 is 1.40. The maximum absolute atomic E-state index is 15.2. The normalized spacial score (nSPS) is 11.4. The molecule has 4 aromatic rings. The molecule has 1 N–H and O–H groups in total. The number of nitrogens with zero attached hydrogens (tertiary/aromatic N) is 3. The van der Waals surface area contributed by atoms with Crippen molar-refractivity contribution in [3.8, 4) is 28.3 Å². The number of carbonyl (C=O) groups excluding carboxylic acids is 2. The Labute approximate surface area is 252 Å². The molecule has 0 spiro atoms. The molecule has 0 unspecified atom stereocenters. The molecule has 0 saturated carbocycles. The van der Waals surface area contributed by atoms with Gasteiger partial charge in [0, 0.05) is 43.2 Å². The topological polar surface area (TPSA) is 103 Å². The van der Waals surface area contributed by atoms with E-state index in [0.29, 0.717) is 27.9 Å². The largest absolute Gasteiger partial charge is 0.490 e. The van der Waals surface area contributed by atoms with Gasteiger partial charge in [0.05, 0.1) is 24.3 Å². The fourth-order valence-corrected chi connectivity index (χ4v) is 5.00. The number of alkyl carbamates (subject to hydrolysis) is 1. The Morgan fingerprint density at radius 2 is 1.70 bits per heavy atom. The molecule has 0 radical (unpaired) electrons. The first-order chi connectivity index (χ1) is 20.4. The lowest BCUT2D eigenvalue weighted by molar-refractivity contribution is -0.127. The predicted octanol–water partition coefficient (Wildman–Crippen LogP) is 5.85. The van der Waals surface area contributed by atoms with Gasteiger partial charge in [-0.2, -0.15) is 0 Å². The van der Waals surface area contributed by atoms with Crippen LogP contribution in [0.15, 0.2) is 47.8 Å². The maximum Gasteiger partial charge on any atom is 0.407 e. The number of nitrogens with one attached hydrogen (secondary N) is 1. The SMILES string of the molecule is CN(C)C(=O)Cc1ccc(-c2nnc(-c3ccc(F)cc3OCCOCCNC(=O)OC(C)(C)C)c3sccc23)c(F)c1. The molecule has 2 aromatic carbocycles. The minimum Gasteiger partial charge on any atom is -0.490 e. The monoisotopic (exact) mass is 612 g/mol. The van der Waals surface area contributed by atoms with Crippen molar-refractivity contribution in [3.05, 3.63) is 65.0 Å². The van der Waals surface area contributed by atoms with Gasteiger partial charge in [-0.25, -0.2) is 13.6 Å². The highest BCUT2D eigenvalue weighted by atomic mass is 32.1. The number of thiophene rings is 1. The quantitative estimate of drug-likeness (QED) is 0.212. The van der Waals surface area contributed by atoms with Crippen molar-refractivity contribution in [2.45, 2.75) is 32.8 Å². The number of fused-ring (bicyclic) bond motifs is 1. The van der Waals surface area contributed by atoms with Crippen LogP contribution in [-0.2, 0) is 20.7 Å². The van der Waals surface area contributed by atoms with Crippen LogP contribution in [0.3, 0.4) is 0 Å². The van der Waals surface area contributed by atoms with Gasteiger partial charge in [-0.1, -0.05) is 6.07 Å². The molecule has 2 amide bonds. The third-order valence-corrected chi connectivity index (χ3v) is 7.05. The molecule has 43 heavy (non-hydrogen) atoms. The van der Waals surface area contributed by atoms with E-state index in [2.05, 4.69) is 15.5 Å². The van der Waals surface area contributed by atoms with E-state index in [-0.39, 0.29) is 50.0 Å². The van der Waals surface area contributed by atoms with E-state index in [9.17, 15) is 14.0 Å². The Morgan fingerprint density at radius 3 is 2.42 bits per heavy atom. The smallest absolute Gasteiger partial charge is 0.407 e. The van der Waals surface area contributed by atoms with Gasteiger partial charge < -0.3 is 24.4 Å². The van der Waals surface area contributed by atoms with Crippen molar-refractivity contribution < 1.29 is 32.6 Å². The molecule has 12 heteroatoms. The maximum atomic E-state index is 15.2. The van der Waals surface area contributed by atoms with Crippen LogP contribution >= 0.6 is 11.3 Å². The second-order valence-corrected chi connectivity index (χ2v) is 11.8. The molecule has 2 heterocycles. The van der Waals surface area contributed by atoms with E-state index in [0.717, 1.165) is 4.70 Å². The molecular formula is C31H34F2N4O5S. The summed E-state index contributed by atoms with van der Waals surface area (Å²) in [7, 11) is 3.30. The number of amides is 2. The van der Waals surface area contributed by atoms with Crippen LogP contribution in [0.5, 0.6) is 5.75 Å². The van der Waals surface area contributed by atoms with Crippen LogP contribution in [0.25, 0.3) is 32.6 Å². The lowest BCUT2D eigenvalue weighted by atomic mass is 10.0. The predicted molar refractivity (Wildman–Crippen MR) is 161 cm³/mol. The lowest BCUT2D eigenvalue weighted by Gasteiger charge is -2.19. The van der Waals surface area contributed by atoms with Gasteiger partial charge in [-0.3, -0.25) is 4.79 Å². The molecule has 4 rings (SSSR count). The molecular weight excluding hydrogens is 578 g/mol. The molecule has 0 saturated heterocycles. The minimum atomic E-state index is -0.586. The van der Waals surface area contributed by atoms with E-state index < -0.39 is 23.3 Å². The molecule has 0 bridgehead atoms. The minimum absolute atomic E-state index is 0.0873.